The van der Waals surface area contributed by atoms with Crippen LogP contribution in [0.5, 0.6) is 0 Å². The number of fused-ring (bicyclic) bond motifs is 1. The van der Waals surface area contributed by atoms with Crippen molar-refractivity contribution >= 4 is 34.3 Å². The van der Waals surface area contributed by atoms with Crippen LogP contribution < -0.4 is 10.9 Å². The molecule has 4 aromatic rings. The molecule has 0 spiro atoms. The van der Waals surface area contributed by atoms with Gasteiger partial charge in [-0.1, -0.05) is 30.0 Å². The molecule has 2 N–H and O–H groups in total. The average molecular weight is 430 g/mol. The summed E-state index contributed by atoms with van der Waals surface area (Å²) in [7, 11) is 0. The minimum Gasteiger partial charge on any atom is -0.326 e. The van der Waals surface area contributed by atoms with Gasteiger partial charge in [0.15, 0.2) is 0 Å². The number of aromatic amines is 1. The molecule has 1 heterocycles. The fourth-order valence-corrected chi connectivity index (χ4v) is 4.14. The van der Waals surface area contributed by atoms with Crippen LogP contribution in [0.15, 0.2) is 81.3 Å². The van der Waals surface area contributed by atoms with Crippen molar-refractivity contribution in [2.75, 3.05) is 5.32 Å². The molecule has 0 atom stereocenters. The Morgan fingerprint density at radius 2 is 1.71 bits per heavy atom. The number of hydrogen-bond donors (Lipinski definition) is 2. The van der Waals surface area contributed by atoms with Crippen LogP contribution in [0.1, 0.15) is 23.4 Å². The van der Waals surface area contributed by atoms with Crippen molar-refractivity contribution in [3.05, 3.63) is 94.0 Å². The molecule has 0 unspecified atom stereocenters. The van der Waals surface area contributed by atoms with Crippen LogP contribution in [-0.4, -0.2) is 15.9 Å². The van der Waals surface area contributed by atoms with E-state index in [1.807, 2.05) is 30.3 Å². The van der Waals surface area contributed by atoms with Gasteiger partial charge in [0.05, 0.1) is 10.9 Å². The first kappa shape index (κ1) is 20.9. The van der Waals surface area contributed by atoms with Crippen molar-refractivity contribution in [3.63, 3.8) is 0 Å². The number of anilines is 1. The maximum Gasteiger partial charge on any atom is 0.258 e. The van der Waals surface area contributed by atoms with E-state index in [0.29, 0.717) is 23.1 Å². The van der Waals surface area contributed by atoms with E-state index in [1.54, 1.807) is 30.0 Å². The molecule has 4 rings (SSSR count). The highest BCUT2D eigenvalue weighted by Crippen LogP contribution is 2.29. The molecule has 156 valence electrons. The molecule has 0 fully saturated rings. The number of para-hydroxylation sites is 1. The first-order valence-corrected chi connectivity index (χ1v) is 10.9. The summed E-state index contributed by atoms with van der Waals surface area (Å²) < 4.78 is 0. The summed E-state index contributed by atoms with van der Waals surface area (Å²) in [5.74, 6) is 0.393. The third-order valence-corrected chi connectivity index (χ3v) is 6.10. The molecule has 0 aliphatic rings. The number of H-pyrrole nitrogens is 1. The lowest BCUT2D eigenvalue weighted by Crippen LogP contribution is -2.16. The molecule has 6 heteroatoms. The largest absolute Gasteiger partial charge is 0.326 e. The van der Waals surface area contributed by atoms with Crippen LogP contribution in [0.2, 0.25) is 0 Å². The van der Waals surface area contributed by atoms with Gasteiger partial charge in [-0.2, -0.15) is 0 Å². The van der Waals surface area contributed by atoms with Gasteiger partial charge >= 0.3 is 0 Å². The molecular weight excluding hydrogens is 406 g/mol. The number of carbonyl (C=O) groups is 1. The molecule has 31 heavy (non-hydrogen) atoms. The predicted molar refractivity (Wildman–Crippen MR) is 126 cm³/mol. The summed E-state index contributed by atoms with van der Waals surface area (Å²) in [6, 6.07) is 21.4. The second kappa shape index (κ2) is 9.18. The van der Waals surface area contributed by atoms with Crippen molar-refractivity contribution in [2.24, 2.45) is 0 Å². The summed E-state index contributed by atoms with van der Waals surface area (Å²) in [5.41, 5.74) is 3.76. The first-order chi connectivity index (χ1) is 15.0. The molecule has 0 saturated heterocycles. The third kappa shape index (κ3) is 5.22. The van der Waals surface area contributed by atoms with E-state index in [-0.39, 0.29) is 17.9 Å². The minimum atomic E-state index is -0.183. The van der Waals surface area contributed by atoms with Gasteiger partial charge in [-0.25, -0.2) is 4.98 Å². The van der Waals surface area contributed by atoms with E-state index in [0.717, 1.165) is 10.6 Å². The SMILES string of the molecule is Cc1ccc(Sc2ccc(NC(=O)CCc3nc4ccccc4c(=O)[nH]3)cc2)cc1C. The lowest BCUT2D eigenvalue weighted by atomic mass is 10.1. The van der Waals surface area contributed by atoms with Crippen molar-refractivity contribution < 1.29 is 4.79 Å². The van der Waals surface area contributed by atoms with E-state index in [4.69, 9.17) is 0 Å². The Hall–Kier alpha value is -3.38. The summed E-state index contributed by atoms with van der Waals surface area (Å²) in [4.78, 5) is 34.0. The van der Waals surface area contributed by atoms with Gasteiger partial charge in [-0.15, -0.1) is 0 Å². The van der Waals surface area contributed by atoms with E-state index in [2.05, 4.69) is 47.3 Å². The van der Waals surface area contributed by atoms with E-state index < -0.39 is 0 Å². The number of aromatic nitrogens is 2. The van der Waals surface area contributed by atoms with Crippen molar-refractivity contribution in [1.29, 1.82) is 0 Å². The van der Waals surface area contributed by atoms with Crippen molar-refractivity contribution in [3.8, 4) is 0 Å². The van der Waals surface area contributed by atoms with E-state index >= 15 is 0 Å². The fraction of sp³-hybridized carbons (Fsp3) is 0.160. The molecule has 3 aromatic carbocycles. The second-order valence-corrected chi connectivity index (χ2v) is 8.60. The van der Waals surface area contributed by atoms with Gasteiger partial charge in [0.1, 0.15) is 5.82 Å². The molecule has 1 amide bonds. The Kier molecular flexibility index (Phi) is 6.18. The van der Waals surface area contributed by atoms with Gasteiger partial charge in [0.2, 0.25) is 5.91 Å². The lowest BCUT2D eigenvalue weighted by molar-refractivity contribution is -0.116. The Balaban J connectivity index is 1.34. The number of aryl methyl sites for hydroxylation is 3. The standard InChI is InChI=1S/C25H23N3O2S/c1-16-7-10-20(15-17(16)2)31-19-11-8-18(9-12-19)26-24(29)14-13-23-27-22-6-4-3-5-21(22)25(30)28-23/h3-12,15H,13-14H2,1-2H3,(H,26,29)(H,27,28,30). The highest BCUT2D eigenvalue weighted by atomic mass is 32.2. The summed E-state index contributed by atoms with van der Waals surface area (Å²) in [6.07, 6.45) is 0.604. The molecule has 1 aromatic heterocycles. The van der Waals surface area contributed by atoms with Crippen LogP contribution in [0, 0.1) is 13.8 Å². The zero-order chi connectivity index (χ0) is 21.8. The number of nitrogens with zero attached hydrogens (tertiary/aromatic N) is 1. The molecule has 0 radical (unpaired) electrons. The van der Waals surface area contributed by atoms with E-state index in [9.17, 15) is 9.59 Å². The fourth-order valence-electron chi connectivity index (χ4n) is 3.23. The zero-order valence-corrected chi connectivity index (χ0v) is 18.3. The number of hydrogen-bond acceptors (Lipinski definition) is 4. The number of carbonyl (C=O) groups excluding carboxylic acids is 1. The Labute approximate surface area is 184 Å². The van der Waals surface area contributed by atoms with Gasteiger partial charge in [-0.3, -0.25) is 9.59 Å². The number of benzene rings is 3. The Bertz CT molecular complexity index is 1300. The van der Waals surface area contributed by atoms with Gasteiger partial charge in [0, 0.05) is 28.3 Å². The number of nitrogens with one attached hydrogen (secondary N) is 2. The third-order valence-electron chi connectivity index (χ3n) is 5.10. The summed E-state index contributed by atoms with van der Waals surface area (Å²) in [5, 5.41) is 3.45. The summed E-state index contributed by atoms with van der Waals surface area (Å²) >= 11 is 1.69. The van der Waals surface area contributed by atoms with Gasteiger partial charge in [-0.05, 0) is 73.5 Å². The van der Waals surface area contributed by atoms with Crippen LogP contribution in [0.3, 0.4) is 0 Å². The normalized spacial score (nSPS) is 10.9. The first-order valence-electron chi connectivity index (χ1n) is 10.1. The molecule has 5 nitrogen and oxygen atoms in total. The maximum atomic E-state index is 12.3. The van der Waals surface area contributed by atoms with Gasteiger partial charge in [0.25, 0.3) is 5.56 Å². The van der Waals surface area contributed by atoms with Crippen LogP contribution in [0.25, 0.3) is 10.9 Å². The quantitative estimate of drug-likeness (QED) is 0.438. The van der Waals surface area contributed by atoms with Crippen LogP contribution >= 0.6 is 11.8 Å². The van der Waals surface area contributed by atoms with Crippen molar-refractivity contribution in [2.45, 2.75) is 36.5 Å². The Morgan fingerprint density at radius 3 is 2.48 bits per heavy atom. The number of amides is 1. The highest BCUT2D eigenvalue weighted by molar-refractivity contribution is 7.99. The smallest absolute Gasteiger partial charge is 0.258 e. The van der Waals surface area contributed by atoms with Crippen LogP contribution in [-0.2, 0) is 11.2 Å². The zero-order valence-electron chi connectivity index (χ0n) is 17.4. The Morgan fingerprint density at radius 1 is 0.968 bits per heavy atom. The monoisotopic (exact) mass is 429 g/mol. The maximum absolute atomic E-state index is 12.3. The van der Waals surface area contributed by atoms with Crippen LogP contribution in [0.4, 0.5) is 5.69 Å². The molecular formula is C25H23N3O2S. The molecule has 0 aliphatic carbocycles. The minimum absolute atomic E-state index is 0.120. The second-order valence-electron chi connectivity index (χ2n) is 7.45. The van der Waals surface area contributed by atoms with Crippen molar-refractivity contribution in [1.82, 2.24) is 9.97 Å². The average Bonchev–Trinajstić information content (AvgIpc) is 2.76. The highest BCUT2D eigenvalue weighted by Gasteiger charge is 2.08. The topological polar surface area (TPSA) is 74.8 Å². The molecule has 0 bridgehead atoms. The summed E-state index contributed by atoms with van der Waals surface area (Å²) in [6.45, 7) is 4.22. The number of rotatable bonds is 6. The lowest BCUT2D eigenvalue weighted by Gasteiger charge is -2.08. The van der Waals surface area contributed by atoms with Gasteiger partial charge < -0.3 is 10.3 Å². The van der Waals surface area contributed by atoms with E-state index in [1.165, 1.54) is 16.0 Å². The predicted octanol–water partition coefficient (Wildman–Crippen LogP) is 5.26. The molecule has 0 saturated carbocycles. The molecule has 0 aliphatic heterocycles.